The molecule has 0 saturated carbocycles. The van der Waals surface area contributed by atoms with E-state index in [1.807, 2.05) is 0 Å². The monoisotopic (exact) mass is 424 g/mol. The van der Waals surface area contributed by atoms with Crippen LogP contribution in [0.1, 0.15) is 5.56 Å². The van der Waals surface area contributed by atoms with E-state index in [1.165, 1.54) is 0 Å². The number of hydrogen-bond acceptors (Lipinski definition) is 3. The molecular formula is C21H14Cl2N4O2. The van der Waals surface area contributed by atoms with Crippen molar-refractivity contribution >= 4 is 63.6 Å². The molecule has 3 N–H and O–H groups in total. The molecule has 144 valence electrons. The van der Waals surface area contributed by atoms with E-state index < -0.39 is 0 Å². The van der Waals surface area contributed by atoms with E-state index in [1.54, 1.807) is 66.7 Å². The minimum absolute atomic E-state index is 0.285. The summed E-state index contributed by atoms with van der Waals surface area (Å²) in [6.45, 7) is 0. The van der Waals surface area contributed by atoms with Crippen molar-refractivity contribution in [2.45, 2.75) is 0 Å². The standard InChI is InChI=1S/C21H14Cl2N4O2/c22-12-1-4-15(5-2-12)25-21(29)26-16-8-6-14(7-9-16)24-19-17-11-13(23)3-10-18(17)27-20(19)28/h1-11H,(H,24,27,28)(H2,25,26,29). The van der Waals surface area contributed by atoms with Gasteiger partial charge in [-0.1, -0.05) is 23.2 Å². The van der Waals surface area contributed by atoms with Crippen LogP contribution >= 0.6 is 23.2 Å². The summed E-state index contributed by atoms with van der Waals surface area (Å²) < 4.78 is 0. The highest BCUT2D eigenvalue weighted by atomic mass is 35.5. The van der Waals surface area contributed by atoms with Crippen LogP contribution < -0.4 is 16.0 Å². The first kappa shape index (κ1) is 19.0. The normalized spacial score (nSPS) is 13.7. The fourth-order valence-corrected chi connectivity index (χ4v) is 3.11. The van der Waals surface area contributed by atoms with E-state index in [-0.39, 0.29) is 11.9 Å². The van der Waals surface area contributed by atoms with Gasteiger partial charge in [-0.2, -0.15) is 0 Å². The number of urea groups is 1. The van der Waals surface area contributed by atoms with Gasteiger partial charge in [-0.3, -0.25) is 4.79 Å². The zero-order valence-corrected chi connectivity index (χ0v) is 16.4. The molecule has 0 fully saturated rings. The first-order valence-corrected chi connectivity index (χ1v) is 9.37. The number of carbonyl (C=O) groups excluding carboxylic acids is 2. The molecule has 1 aliphatic rings. The summed E-state index contributed by atoms with van der Waals surface area (Å²) in [6, 6.07) is 18.4. The molecule has 4 rings (SSSR count). The molecule has 0 bridgehead atoms. The number of amides is 3. The van der Waals surface area contributed by atoms with E-state index in [0.29, 0.717) is 44.1 Å². The molecule has 8 heteroatoms. The van der Waals surface area contributed by atoms with Crippen LogP contribution in [0.15, 0.2) is 71.7 Å². The van der Waals surface area contributed by atoms with Gasteiger partial charge in [0.05, 0.1) is 11.4 Å². The van der Waals surface area contributed by atoms with Gasteiger partial charge in [-0.25, -0.2) is 9.79 Å². The molecule has 1 heterocycles. The SMILES string of the molecule is O=C(Nc1ccc(Cl)cc1)Nc1ccc(N=C2C(=O)Nc3ccc(Cl)cc32)cc1. The first-order valence-electron chi connectivity index (χ1n) is 8.61. The second-order valence-electron chi connectivity index (χ2n) is 6.24. The van der Waals surface area contributed by atoms with Crippen molar-refractivity contribution in [2.24, 2.45) is 4.99 Å². The Morgan fingerprint density at radius 2 is 1.41 bits per heavy atom. The Hall–Kier alpha value is -3.35. The molecule has 0 saturated heterocycles. The number of hydrogen-bond donors (Lipinski definition) is 3. The fourth-order valence-electron chi connectivity index (χ4n) is 2.81. The topological polar surface area (TPSA) is 82.6 Å². The van der Waals surface area contributed by atoms with Gasteiger partial charge in [-0.05, 0) is 66.7 Å². The van der Waals surface area contributed by atoms with Crippen LogP contribution in [0.5, 0.6) is 0 Å². The number of nitrogens with zero attached hydrogens (tertiary/aromatic N) is 1. The van der Waals surface area contributed by atoms with E-state index >= 15 is 0 Å². The van der Waals surface area contributed by atoms with Crippen molar-refractivity contribution in [1.29, 1.82) is 0 Å². The van der Waals surface area contributed by atoms with Crippen LogP contribution in [0.3, 0.4) is 0 Å². The highest BCUT2D eigenvalue weighted by Gasteiger charge is 2.26. The molecule has 0 spiro atoms. The molecule has 6 nitrogen and oxygen atoms in total. The van der Waals surface area contributed by atoms with Gasteiger partial charge in [0.25, 0.3) is 5.91 Å². The number of anilines is 3. The van der Waals surface area contributed by atoms with Crippen LogP contribution in [0, 0.1) is 0 Å². The highest BCUT2D eigenvalue weighted by molar-refractivity contribution is 6.54. The second kappa shape index (κ2) is 7.95. The van der Waals surface area contributed by atoms with Crippen molar-refractivity contribution in [3.05, 3.63) is 82.3 Å². The van der Waals surface area contributed by atoms with Crippen molar-refractivity contribution in [3.8, 4) is 0 Å². The maximum Gasteiger partial charge on any atom is 0.323 e. The third-order valence-corrected chi connectivity index (χ3v) is 4.66. The zero-order valence-electron chi connectivity index (χ0n) is 14.9. The van der Waals surface area contributed by atoms with E-state index in [2.05, 4.69) is 20.9 Å². The Bertz CT molecular complexity index is 1130. The van der Waals surface area contributed by atoms with Gasteiger partial charge < -0.3 is 16.0 Å². The summed E-state index contributed by atoms with van der Waals surface area (Å²) in [5, 5.41) is 9.32. The summed E-state index contributed by atoms with van der Waals surface area (Å²) in [4.78, 5) is 28.7. The van der Waals surface area contributed by atoms with Crippen LogP contribution in [0.25, 0.3) is 0 Å². The predicted molar refractivity (Wildman–Crippen MR) is 117 cm³/mol. The minimum Gasteiger partial charge on any atom is -0.320 e. The lowest BCUT2D eigenvalue weighted by Crippen LogP contribution is -2.19. The third-order valence-electron chi connectivity index (χ3n) is 4.17. The molecule has 0 atom stereocenters. The Morgan fingerprint density at radius 3 is 2.07 bits per heavy atom. The largest absolute Gasteiger partial charge is 0.323 e. The quantitative estimate of drug-likeness (QED) is 0.502. The molecule has 0 unspecified atom stereocenters. The molecule has 3 aromatic rings. The van der Waals surface area contributed by atoms with Gasteiger partial charge in [0.2, 0.25) is 0 Å². The average molecular weight is 425 g/mol. The zero-order chi connectivity index (χ0) is 20.4. The van der Waals surface area contributed by atoms with Crippen LogP contribution in [-0.2, 0) is 4.79 Å². The molecule has 1 aliphatic heterocycles. The Morgan fingerprint density at radius 1 is 0.828 bits per heavy atom. The molecule has 0 aromatic heterocycles. The number of rotatable bonds is 3. The van der Waals surface area contributed by atoms with E-state index in [4.69, 9.17) is 23.2 Å². The number of nitrogens with one attached hydrogen (secondary N) is 3. The number of fused-ring (bicyclic) bond motifs is 1. The van der Waals surface area contributed by atoms with Crippen molar-refractivity contribution in [1.82, 2.24) is 0 Å². The predicted octanol–water partition coefficient (Wildman–Crippen LogP) is 5.71. The lowest BCUT2D eigenvalue weighted by molar-refractivity contribution is -0.110. The van der Waals surface area contributed by atoms with E-state index in [9.17, 15) is 9.59 Å². The van der Waals surface area contributed by atoms with Crippen molar-refractivity contribution < 1.29 is 9.59 Å². The van der Waals surface area contributed by atoms with E-state index in [0.717, 1.165) is 0 Å². The van der Waals surface area contributed by atoms with Crippen LogP contribution in [0.2, 0.25) is 10.0 Å². The van der Waals surface area contributed by atoms with Gasteiger partial charge in [-0.15, -0.1) is 0 Å². The molecule has 0 aliphatic carbocycles. The van der Waals surface area contributed by atoms with Gasteiger partial charge in [0.15, 0.2) is 0 Å². The smallest absolute Gasteiger partial charge is 0.320 e. The number of benzene rings is 3. The molecule has 29 heavy (non-hydrogen) atoms. The maximum absolute atomic E-state index is 12.2. The molecule has 0 radical (unpaired) electrons. The Labute approximate surface area is 176 Å². The Balaban J connectivity index is 1.46. The minimum atomic E-state index is -0.384. The molecule has 3 amide bonds. The summed E-state index contributed by atoms with van der Waals surface area (Å²) in [5.74, 6) is -0.285. The van der Waals surface area contributed by atoms with Gasteiger partial charge >= 0.3 is 6.03 Å². The summed E-state index contributed by atoms with van der Waals surface area (Å²) in [5.41, 5.74) is 3.41. The van der Waals surface area contributed by atoms with Crippen LogP contribution in [0.4, 0.5) is 27.5 Å². The molecule has 3 aromatic carbocycles. The highest BCUT2D eigenvalue weighted by Crippen LogP contribution is 2.28. The average Bonchev–Trinajstić information content (AvgIpc) is 3.00. The lowest BCUT2D eigenvalue weighted by atomic mass is 10.1. The van der Waals surface area contributed by atoms with Gasteiger partial charge in [0.1, 0.15) is 5.71 Å². The first-order chi connectivity index (χ1) is 14.0. The van der Waals surface area contributed by atoms with Crippen molar-refractivity contribution in [2.75, 3.05) is 16.0 Å². The maximum atomic E-state index is 12.2. The number of aliphatic imine (C=N–C) groups is 1. The summed E-state index contributed by atoms with van der Waals surface area (Å²) in [7, 11) is 0. The molecular weight excluding hydrogens is 411 g/mol. The number of carbonyl (C=O) groups is 2. The Kier molecular flexibility index (Phi) is 5.20. The van der Waals surface area contributed by atoms with Crippen LogP contribution in [-0.4, -0.2) is 17.6 Å². The lowest BCUT2D eigenvalue weighted by Gasteiger charge is -2.08. The number of halogens is 2. The van der Waals surface area contributed by atoms with Crippen molar-refractivity contribution in [3.63, 3.8) is 0 Å². The fraction of sp³-hybridized carbons (Fsp3) is 0. The van der Waals surface area contributed by atoms with Gasteiger partial charge in [0, 0.05) is 27.0 Å². The summed E-state index contributed by atoms with van der Waals surface area (Å²) in [6.07, 6.45) is 0. The third kappa shape index (κ3) is 4.39. The summed E-state index contributed by atoms with van der Waals surface area (Å²) >= 11 is 11.9. The second-order valence-corrected chi connectivity index (χ2v) is 7.11.